The minimum absolute atomic E-state index is 0.462. The number of pyridine rings is 1. The Balaban J connectivity index is 1.68. The Hall–Kier alpha value is -3.91. The zero-order chi connectivity index (χ0) is 24.4. The Labute approximate surface area is 197 Å². The number of benzene rings is 4. The first-order valence-corrected chi connectivity index (χ1v) is 11.4. The van der Waals surface area contributed by atoms with Crippen molar-refractivity contribution in [2.75, 3.05) is 0 Å². The van der Waals surface area contributed by atoms with Gasteiger partial charge in [0.1, 0.15) is 7.05 Å². The van der Waals surface area contributed by atoms with E-state index in [0.717, 1.165) is 32.9 Å². The Morgan fingerprint density at radius 1 is 0.758 bits per heavy atom. The smallest absolute Gasteiger partial charge is 0.220 e. The minimum atomic E-state index is 0.462. The van der Waals surface area contributed by atoms with Crippen molar-refractivity contribution in [3.63, 3.8) is 0 Å². The van der Waals surface area contributed by atoms with Crippen molar-refractivity contribution >= 4 is 32.6 Å². The molecule has 2 nitrogen and oxygen atoms in total. The first-order valence-electron chi connectivity index (χ1n) is 12.4. The summed E-state index contributed by atoms with van der Waals surface area (Å²) in [5.41, 5.74) is 8.95. The molecule has 0 aliphatic rings. The van der Waals surface area contributed by atoms with Crippen molar-refractivity contribution in [1.82, 2.24) is 4.57 Å². The molecule has 0 spiro atoms. The van der Waals surface area contributed by atoms with E-state index in [1.807, 2.05) is 36.4 Å². The molecule has 0 aliphatic carbocycles. The van der Waals surface area contributed by atoms with E-state index in [1.165, 1.54) is 33.3 Å². The van der Waals surface area contributed by atoms with Gasteiger partial charge < -0.3 is 4.57 Å². The molecule has 4 aromatic carbocycles. The third-order valence-corrected chi connectivity index (χ3v) is 6.85. The van der Waals surface area contributed by atoms with Gasteiger partial charge in [0.25, 0.3) is 0 Å². The lowest BCUT2D eigenvalue weighted by Crippen LogP contribution is -2.30. The lowest BCUT2D eigenvalue weighted by Gasteiger charge is -2.13. The number of fused-ring (bicyclic) bond motifs is 4. The summed E-state index contributed by atoms with van der Waals surface area (Å²) in [5, 5.41) is 4.33. The van der Waals surface area contributed by atoms with Crippen LogP contribution in [0.1, 0.15) is 19.4 Å². The van der Waals surface area contributed by atoms with E-state index >= 15 is 0 Å². The predicted octanol–water partition coefficient (Wildman–Crippen LogP) is 7.35. The molecular weight excluding hydrogens is 400 g/mol. The van der Waals surface area contributed by atoms with Crippen LogP contribution in [0.25, 0.3) is 49.5 Å². The van der Waals surface area contributed by atoms with Gasteiger partial charge in [0, 0.05) is 22.5 Å². The maximum atomic E-state index is 8.67. The molecule has 0 amide bonds. The van der Waals surface area contributed by atoms with E-state index in [9.17, 15) is 0 Å². The average molecular weight is 430 g/mol. The van der Waals surface area contributed by atoms with Crippen LogP contribution in [-0.4, -0.2) is 4.57 Å². The van der Waals surface area contributed by atoms with E-state index < -0.39 is 0 Å². The van der Waals surface area contributed by atoms with Gasteiger partial charge in [0.2, 0.25) is 5.69 Å². The predicted molar refractivity (Wildman–Crippen MR) is 139 cm³/mol. The van der Waals surface area contributed by atoms with Crippen LogP contribution in [0.15, 0.2) is 91.1 Å². The number of aromatic nitrogens is 2. The van der Waals surface area contributed by atoms with Crippen molar-refractivity contribution in [2.24, 2.45) is 7.05 Å². The molecule has 160 valence electrons. The van der Waals surface area contributed by atoms with Crippen LogP contribution in [-0.2, 0) is 7.05 Å². The highest BCUT2D eigenvalue weighted by Crippen LogP contribution is 2.35. The van der Waals surface area contributed by atoms with Crippen molar-refractivity contribution in [3.05, 3.63) is 108 Å². The second-order valence-electron chi connectivity index (χ2n) is 9.00. The SMILES string of the molecule is [2H]c1cccc2c3cccc([2H])c3n(-c3ccc4c(-c5cc(C)cc(C)c5C)[n+](C)ccc4c3)c12. The van der Waals surface area contributed by atoms with Gasteiger partial charge in [0.05, 0.1) is 24.7 Å². The lowest BCUT2D eigenvalue weighted by atomic mass is 9.94. The summed E-state index contributed by atoms with van der Waals surface area (Å²) in [6, 6.07) is 25.7. The fraction of sp³-hybridized carbons (Fsp3) is 0.129. The van der Waals surface area contributed by atoms with Crippen LogP contribution in [0.4, 0.5) is 0 Å². The van der Waals surface area contributed by atoms with Crippen LogP contribution in [0.2, 0.25) is 0 Å². The van der Waals surface area contributed by atoms with Gasteiger partial charge in [-0.05, 0) is 73.6 Å². The number of hydrogen-bond donors (Lipinski definition) is 0. The zero-order valence-electron chi connectivity index (χ0n) is 21.4. The number of rotatable bonds is 2. The van der Waals surface area contributed by atoms with Gasteiger partial charge >= 0.3 is 0 Å². The molecule has 2 heteroatoms. The van der Waals surface area contributed by atoms with Gasteiger partial charge in [-0.25, -0.2) is 4.57 Å². The number of nitrogens with zero attached hydrogens (tertiary/aromatic N) is 2. The molecule has 0 saturated heterocycles. The van der Waals surface area contributed by atoms with Crippen molar-refractivity contribution < 1.29 is 7.31 Å². The highest BCUT2D eigenvalue weighted by molar-refractivity contribution is 6.09. The highest BCUT2D eigenvalue weighted by Gasteiger charge is 2.19. The summed E-state index contributed by atoms with van der Waals surface area (Å²) < 4.78 is 21.6. The number of hydrogen-bond acceptors (Lipinski definition) is 0. The minimum Gasteiger partial charge on any atom is -0.309 e. The van der Waals surface area contributed by atoms with E-state index in [-0.39, 0.29) is 0 Å². The fourth-order valence-electron chi connectivity index (χ4n) is 5.15. The van der Waals surface area contributed by atoms with Gasteiger partial charge in [-0.15, -0.1) is 0 Å². The van der Waals surface area contributed by atoms with Crippen LogP contribution in [0.3, 0.4) is 0 Å². The molecule has 6 aromatic rings. The molecule has 33 heavy (non-hydrogen) atoms. The number of aryl methyl sites for hydroxylation is 3. The summed E-state index contributed by atoms with van der Waals surface area (Å²) in [4.78, 5) is 0. The molecule has 0 aliphatic heterocycles. The number of para-hydroxylation sites is 2. The molecule has 2 heterocycles. The van der Waals surface area contributed by atoms with E-state index in [1.54, 1.807) is 0 Å². The van der Waals surface area contributed by atoms with E-state index in [0.29, 0.717) is 12.1 Å². The standard InChI is InChI=1S/C31H27N2/c1-20-17-21(2)22(3)28(18-20)31-25-14-13-24(19-23(25)15-16-32(31)4)33-29-11-7-5-9-26(29)27-10-6-8-12-30(27)33/h5-19H,1-4H3/q+1/i11D,12D. The van der Waals surface area contributed by atoms with Crippen molar-refractivity contribution in [1.29, 1.82) is 0 Å². The first-order chi connectivity index (χ1) is 16.8. The van der Waals surface area contributed by atoms with Crippen LogP contribution >= 0.6 is 0 Å². The van der Waals surface area contributed by atoms with Crippen molar-refractivity contribution in [3.8, 4) is 16.9 Å². The maximum Gasteiger partial charge on any atom is 0.220 e. The Kier molecular flexibility index (Phi) is 3.91. The third kappa shape index (κ3) is 2.98. The van der Waals surface area contributed by atoms with Gasteiger partial charge in [-0.3, -0.25) is 0 Å². The van der Waals surface area contributed by atoms with E-state index in [2.05, 4.69) is 79.5 Å². The van der Waals surface area contributed by atoms with Gasteiger partial charge in [0.15, 0.2) is 6.20 Å². The summed E-state index contributed by atoms with van der Waals surface area (Å²) in [5.74, 6) is 0. The lowest BCUT2D eigenvalue weighted by molar-refractivity contribution is -0.659. The summed E-state index contributed by atoms with van der Waals surface area (Å²) in [6.07, 6.45) is 2.12. The third-order valence-electron chi connectivity index (χ3n) is 6.85. The maximum absolute atomic E-state index is 8.67. The molecule has 0 radical (unpaired) electrons. The largest absolute Gasteiger partial charge is 0.309 e. The average Bonchev–Trinajstić information content (AvgIpc) is 3.18. The second-order valence-corrected chi connectivity index (χ2v) is 9.00. The van der Waals surface area contributed by atoms with Crippen LogP contribution < -0.4 is 4.57 Å². The Morgan fingerprint density at radius 2 is 1.45 bits per heavy atom. The van der Waals surface area contributed by atoms with Gasteiger partial charge in [-0.2, -0.15) is 0 Å². The monoisotopic (exact) mass is 429 g/mol. The quantitative estimate of drug-likeness (QED) is 0.254. The van der Waals surface area contributed by atoms with E-state index in [4.69, 9.17) is 2.74 Å². The molecule has 0 unspecified atom stereocenters. The van der Waals surface area contributed by atoms with Gasteiger partial charge in [-0.1, -0.05) is 48.0 Å². The Bertz CT molecular complexity index is 1750. The fourth-order valence-corrected chi connectivity index (χ4v) is 5.15. The summed E-state index contributed by atoms with van der Waals surface area (Å²) in [7, 11) is 2.10. The first kappa shape index (κ1) is 17.6. The highest BCUT2D eigenvalue weighted by atomic mass is 15.0. The molecule has 0 fully saturated rings. The van der Waals surface area contributed by atoms with Crippen LogP contribution in [0, 0.1) is 20.8 Å². The Morgan fingerprint density at radius 3 is 2.15 bits per heavy atom. The summed E-state index contributed by atoms with van der Waals surface area (Å²) >= 11 is 0. The van der Waals surface area contributed by atoms with Crippen LogP contribution in [0.5, 0.6) is 0 Å². The molecule has 0 atom stereocenters. The summed E-state index contributed by atoms with van der Waals surface area (Å²) in [6.45, 7) is 6.52. The second kappa shape index (κ2) is 7.31. The molecule has 0 saturated carbocycles. The molecule has 0 N–H and O–H groups in total. The topological polar surface area (TPSA) is 8.81 Å². The van der Waals surface area contributed by atoms with Crippen molar-refractivity contribution in [2.45, 2.75) is 20.8 Å². The molecule has 2 aromatic heterocycles. The molecule has 6 rings (SSSR count). The molecular formula is C31H27N2+. The zero-order valence-corrected chi connectivity index (χ0v) is 19.4. The normalized spacial score (nSPS) is 12.5. The molecule has 0 bridgehead atoms.